The predicted molar refractivity (Wildman–Crippen MR) is 88.0 cm³/mol. The molecule has 2 N–H and O–H groups in total. The van der Waals surface area contributed by atoms with Crippen LogP contribution < -0.4 is 20.1 Å². The number of hydrogen-bond acceptors (Lipinski definition) is 3. The second kappa shape index (κ2) is 10.7. The molecule has 0 saturated carbocycles. The van der Waals surface area contributed by atoms with Crippen molar-refractivity contribution in [3.05, 3.63) is 23.8 Å². The molecule has 0 unspecified atom stereocenters. The molecule has 0 aliphatic heterocycles. The van der Waals surface area contributed by atoms with E-state index < -0.39 is 19.2 Å². The molecule has 1 rings (SSSR count). The number of nitrogens with zero attached hydrogens (tertiary/aromatic N) is 1. The van der Waals surface area contributed by atoms with Gasteiger partial charge in [-0.2, -0.15) is 22.0 Å². The number of guanidine groups is 1. The second-order valence-corrected chi connectivity index (χ2v) is 5.17. The van der Waals surface area contributed by atoms with Crippen molar-refractivity contribution < 1.29 is 31.4 Å². The quantitative estimate of drug-likeness (QED) is 0.390. The summed E-state index contributed by atoms with van der Waals surface area (Å²) < 4.78 is 70.7. The average Bonchev–Trinajstić information content (AvgIpc) is 2.53. The lowest BCUT2D eigenvalue weighted by Crippen LogP contribution is -2.38. The van der Waals surface area contributed by atoms with Crippen molar-refractivity contribution in [3.63, 3.8) is 0 Å². The fourth-order valence-electron chi connectivity index (χ4n) is 2.03. The Morgan fingerprint density at radius 3 is 2.50 bits per heavy atom. The summed E-state index contributed by atoms with van der Waals surface area (Å²) in [5, 5.41) is 5.73. The first-order chi connectivity index (χ1) is 12.2. The highest BCUT2D eigenvalue weighted by atomic mass is 19.4. The highest BCUT2D eigenvalue weighted by Gasteiger charge is 2.26. The van der Waals surface area contributed by atoms with Gasteiger partial charge in [0.25, 0.3) is 0 Å². The molecule has 1 aromatic rings. The number of benzene rings is 1. The molecule has 26 heavy (non-hydrogen) atoms. The number of ether oxygens (including phenoxy) is 2. The van der Waals surface area contributed by atoms with Crippen LogP contribution in [-0.2, 0) is 6.42 Å². The van der Waals surface area contributed by atoms with E-state index in [9.17, 15) is 22.0 Å². The van der Waals surface area contributed by atoms with Crippen molar-refractivity contribution in [2.45, 2.75) is 32.6 Å². The van der Waals surface area contributed by atoms with E-state index in [0.717, 1.165) is 0 Å². The highest BCUT2D eigenvalue weighted by Crippen LogP contribution is 2.29. The monoisotopic (exact) mass is 383 g/mol. The summed E-state index contributed by atoms with van der Waals surface area (Å²) in [4.78, 5) is 3.84. The zero-order chi connectivity index (χ0) is 19.6. The lowest BCUT2D eigenvalue weighted by molar-refractivity contribution is -0.132. The number of alkyl halides is 5. The Labute approximate surface area is 148 Å². The molecule has 0 radical (unpaired) electrons. The van der Waals surface area contributed by atoms with Crippen molar-refractivity contribution >= 4 is 5.96 Å². The summed E-state index contributed by atoms with van der Waals surface area (Å²) >= 11 is 0. The van der Waals surface area contributed by atoms with E-state index in [1.165, 1.54) is 19.2 Å². The fraction of sp³-hybridized carbons (Fsp3) is 0.562. The Morgan fingerprint density at radius 2 is 1.92 bits per heavy atom. The zero-order valence-electron chi connectivity index (χ0n) is 14.5. The maximum Gasteiger partial charge on any atom is 0.390 e. The van der Waals surface area contributed by atoms with Crippen LogP contribution in [0.5, 0.6) is 11.5 Å². The Hall–Kier alpha value is -2.26. The van der Waals surface area contributed by atoms with Gasteiger partial charge in [0, 0.05) is 13.1 Å². The summed E-state index contributed by atoms with van der Waals surface area (Å²) in [6.45, 7) is -0.726. The van der Waals surface area contributed by atoms with Crippen molar-refractivity contribution in [3.8, 4) is 11.5 Å². The van der Waals surface area contributed by atoms with E-state index in [2.05, 4.69) is 20.4 Å². The average molecular weight is 383 g/mol. The molecular formula is C16H22F5N3O2. The lowest BCUT2D eigenvalue weighted by Gasteiger charge is -2.13. The summed E-state index contributed by atoms with van der Waals surface area (Å²) in [7, 11) is 1.34. The molecule has 0 aliphatic rings. The van der Waals surface area contributed by atoms with Crippen LogP contribution in [0, 0.1) is 0 Å². The summed E-state index contributed by atoms with van der Waals surface area (Å²) in [5.41, 5.74) is 0.695. The molecule has 1 aromatic carbocycles. The number of rotatable bonds is 9. The lowest BCUT2D eigenvalue weighted by atomic mass is 10.1. The van der Waals surface area contributed by atoms with Crippen LogP contribution in [0.1, 0.15) is 18.9 Å². The molecule has 10 heteroatoms. The number of hydrogen-bond donors (Lipinski definition) is 2. The molecule has 148 valence electrons. The third-order valence-corrected chi connectivity index (χ3v) is 3.16. The minimum absolute atomic E-state index is 0.0780. The van der Waals surface area contributed by atoms with Crippen molar-refractivity contribution in [2.24, 2.45) is 4.99 Å². The molecule has 0 fully saturated rings. The van der Waals surface area contributed by atoms with Crippen molar-refractivity contribution in [2.75, 3.05) is 26.7 Å². The standard InChI is InChI=1S/C16H22F5N3O2/c1-3-22-15(24-9-7-16(19,20)21)23-8-6-11-4-5-12(25-2)13(10-11)26-14(17)18/h4-5,10,14H,3,6-9H2,1-2H3,(H2,22,23,24). The van der Waals surface area contributed by atoms with Gasteiger partial charge in [0.05, 0.1) is 20.1 Å². The van der Waals surface area contributed by atoms with E-state index in [4.69, 9.17) is 4.74 Å². The van der Waals surface area contributed by atoms with Crippen LogP contribution in [0.4, 0.5) is 22.0 Å². The second-order valence-electron chi connectivity index (χ2n) is 5.17. The number of nitrogens with one attached hydrogen (secondary N) is 2. The van der Waals surface area contributed by atoms with Crippen LogP contribution in [-0.4, -0.2) is 45.5 Å². The Morgan fingerprint density at radius 1 is 1.19 bits per heavy atom. The van der Waals surface area contributed by atoms with Crippen LogP contribution in [0.25, 0.3) is 0 Å². The van der Waals surface area contributed by atoms with E-state index >= 15 is 0 Å². The van der Waals surface area contributed by atoms with Gasteiger partial charge in [0.2, 0.25) is 0 Å². The number of aliphatic imine (C=N–C) groups is 1. The molecule has 0 saturated heterocycles. The minimum atomic E-state index is -4.26. The Balaban J connectivity index is 2.62. The van der Waals surface area contributed by atoms with Crippen LogP contribution in [0.15, 0.2) is 23.2 Å². The van der Waals surface area contributed by atoms with Crippen molar-refractivity contribution in [1.82, 2.24) is 10.6 Å². The van der Waals surface area contributed by atoms with Gasteiger partial charge in [-0.1, -0.05) is 6.07 Å². The molecule has 0 aromatic heterocycles. The first-order valence-corrected chi connectivity index (χ1v) is 7.95. The highest BCUT2D eigenvalue weighted by molar-refractivity contribution is 5.79. The molecule has 0 spiro atoms. The molecule has 0 bridgehead atoms. The van der Waals surface area contributed by atoms with E-state index in [1.807, 2.05) is 0 Å². The smallest absolute Gasteiger partial charge is 0.390 e. The first-order valence-electron chi connectivity index (χ1n) is 7.95. The zero-order valence-corrected chi connectivity index (χ0v) is 14.5. The van der Waals surface area contributed by atoms with Gasteiger partial charge >= 0.3 is 12.8 Å². The van der Waals surface area contributed by atoms with E-state index in [-0.39, 0.29) is 24.0 Å². The van der Waals surface area contributed by atoms with Crippen molar-refractivity contribution in [1.29, 1.82) is 0 Å². The molecule has 0 heterocycles. The molecule has 0 aliphatic carbocycles. The minimum Gasteiger partial charge on any atom is -0.493 e. The van der Waals surface area contributed by atoms with Gasteiger partial charge in [0.1, 0.15) is 0 Å². The summed E-state index contributed by atoms with van der Waals surface area (Å²) in [6, 6.07) is 4.63. The number of methoxy groups -OCH3 is 1. The van der Waals surface area contributed by atoms with Crippen LogP contribution in [0.3, 0.4) is 0 Å². The third-order valence-electron chi connectivity index (χ3n) is 3.16. The summed E-state index contributed by atoms with van der Waals surface area (Å²) in [5.74, 6) is 0.365. The van der Waals surface area contributed by atoms with Gasteiger partial charge in [-0.15, -0.1) is 0 Å². The normalized spacial score (nSPS) is 12.2. The van der Waals surface area contributed by atoms with Gasteiger partial charge in [-0.25, -0.2) is 0 Å². The maximum absolute atomic E-state index is 12.4. The first kappa shape index (κ1) is 21.8. The van der Waals surface area contributed by atoms with E-state index in [0.29, 0.717) is 25.1 Å². The summed E-state index contributed by atoms with van der Waals surface area (Å²) in [6.07, 6.45) is -4.84. The molecular weight excluding hydrogens is 361 g/mol. The SMILES string of the molecule is CCNC(=NCCC(F)(F)F)NCCc1ccc(OC)c(OC(F)F)c1. The molecule has 0 atom stereocenters. The van der Waals surface area contributed by atoms with Gasteiger partial charge in [-0.3, -0.25) is 4.99 Å². The van der Waals surface area contributed by atoms with Gasteiger partial charge < -0.3 is 20.1 Å². The maximum atomic E-state index is 12.4. The molecule has 0 amide bonds. The van der Waals surface area contributed by atoms with Crippen LogP contribution >= 0.6 is 0 Å². The van der Waals surface area contributed by atoms with Gasteiger partial charge in [-0.05, 0) is 31.0 Å². The fourth-order valence-corrected chi connectivity index (χ4v) is 2.03. The van der Waals surface area contributed by atoms with E-state index in [1.54, 1.807) is 13.0 Å². The third kappa shape index (κ3) is 8.72. The largest absolute Gasteiger partial charge is 0.493 e. The Bertz CT molecular complexity index is 579. The van der Waals surface area contributed by atoms with Crippen LogP contribution in [0.2, 0.25) is 0 Å². The Kier molecular flexibility index (Phi) is 8.94. The van der Waals surface area contributed by atoms with Gasteiger partial charge in [0.15, 0.2) is 17.5 Å². The number of halogens is 5. The molecule has 5 nitrogen and oxygen atoms in total. The topological polar surface area (TPSA) is 54.9 Å². The predicted octanol–water partition coefficient (Wildman–Crippen LogP) is 3.35.